The average Bonchev–Trinajstić information content (AvgIpc) is 3.03. The molecule has 16 heteroatoms. The summed E-state index contributed by atoms with van der Waals surface area (Å²) < 4.78 is 5.74. The molecule has 2 atom stereocenters. The molecule has 0 amide bonds. The zero-order valence-corrected chi connectivity index (χ0v) is 29.8. The van der Waals surface area contributed by atoms with Gasteiger partial charge in [-0.25, -0.2) is 0 Å². The summed E-state index contributed by atoms with van der Waals surface area (Å²) >= 11 is 0. The Hall–Kier alpha value is -3.83. The number of nitrogens with one attached hydrogen (secondary N) is 1. The summed E-state index contributed by atoms with van der Waals surface area (Å²) in [5.41, 5.74) is 0.685. The molecule has 290 valence electrons. The highest BCUT2D eigenvalue weighted by molar-refractivity contribution is 5.73. The predicted octanol–water partition coefficient (Wildman–Crippen LogP) is 1.79. The van der Waals surface area contributed by atoms with Crippen LogP contribution in [0.1, 0.15) is 70.3 Å². The lowest BCUT2D eigenvalue weighted by molar-refractivity contribution is -0.143. The van der Waals surface area contributed by atoms with Gasteiger partial charge in [-0.3, -0.25) is 38.7 Å². The summed E-state index contributed by atoms with van der Waals surface area (Å²) in [7, 11) is 0. The Labute approximate surface area is 300 Å². The van der Waals surface area contributed by atoms with Gasteiger partial charge in [0, 0.05) is 32.2 Å². The molecule has 7 N–H and O–H groups in total. The zero-order valence-electron chi connectivity index (χ0n) is 29.8. The van der Waals surface area contributed by atoms with Crippen LogP contribution >= 0.6 is 0 Å². The molecule has 0 heterocycles. The maximum atomic E-state index is 11.9. The molecule has 0 saturated carbocycles. The second kappa shape index (κ2) is 26.9. The molecule has 0 aromatic heterocycles. The molecule has 1 rings (SSSR count). The summed E-state index contributed by atoms with van der Waals surface area (Å²) in [4.78, 5) is 61.2. The van der Waals surface area contributed by atoms with E-state index in [-0.39, 0.29) is 32.7 Å². The standard InChI is InChI=1S/C35H58N4O12/c1-2-3-4-5-6-7-8-9-10-15-36-19-29(40)26-51-30-13-11-27(12-14-30)18-28(20-38(23-33(45)46)24-34(47)48)39(25-35(49)50)17-16-37(21-31(41)42)22-32(43)44/h11-14,28-29,36,40H,2-10,15-26H2,1H3,(H,41,42)(H,43,44)(H,45,46)(H,47,48)(H,49,50). The number of nitrogens with zero attached hydrogens (tertiary/aromatic N) is 3. The number of aliphatic hydroxyl groups excluding tert-OH is 1. The fourth-order valence-electron chi connectivity index (χ4n) is 5.68. The molecule has 2 unspecified atom stereocenters. The van der Waals surface area contributed by atoms with Gasteiger partial charge in [-0.15, -0.1) is 0 Å². The number of aliphatic hydroxyl groups is 1. The Balaban J connectivity index is 2.86. The van der Waals surface area contributed by atoms with Gasteiger partial charge in [-0.05, 0) is 37.1 Å². The van der Waals surface area contributed by atoms with E-state index in [4.69, 9.17) is 4.74 Å². The molecule has 0 radical (unpaired) electrons. The van der Waals surface area contributed by atoms with Crippen molar-refractivity contribution in [2.75, 3.05) is 72.1 Å². The number of hydrogen-bond acceptors (Lipinski definition) is 11. The van der Waals surface area contributed by atoms with Crippen LogP contribution in [0.5, 0.6) is 5.75 Å². The van der Waals surface area contributed by atoms with Gasteiger partial charge in [-0.1, -0.05) is 70.4 Å². The van der Waals surface area contributed by atoms with Crippen molar-refractivity contribution >= 4 is 29.8 Å². The molecule has 16 nitrogen and oxygen atoms in total. The van der Waals surface area contributed by atoms with E-state index < -0.39 is 74.7 Å². The van der Waals surface area contributed by atoms with Gasteiger partial charge in [0.25, 0.3) is 0 Å². The van der Waals surface area contributed by atoms with Crippen LogP contribution in [0.15, 0.2) is 24.3 Å². The van der Waals surface area contributed by atoms with Crippen LogP contribution in [0.3, 0.4) is 0 Å². The summed E-state index contributed by atoms with van der Waals surface area (Å²) in [6, 6.07) is 6.01. The van der Waals surface area contributed by atoms with Gasteiger partial charge in [-0.2, -0.15) is 0 Å². The lowest BCUT2D eigenvalue weighted by Crippen LogP contribution is -2.51. The van der Waals surface area contributed by atoms with E-state index in [0.717, 1.165) is 29.2 Å². The largest absolute Gasteiger partial charge is 0.491 e. The van der Waals surface area contributed by atoms with Crippen LogP contribution in [0.25, 0.3) is 0 Å². The first-order chi connectivity index (χ1) is 24.3. The molecule has 0 saturated heterocycles. The number of hydrogen-bond donors (Lipinski definition) is 7. The van der Waals surface area contributed by atoms with Crippen molar-refractivity contribution in [2.45, 2.75) is 83.3 Å². The lowest BCUT2D eigenvalue weighted by atomic mass is 10.0. The van der Waals surface area contributed by atoms with Crippen molar-refractivity contribution < 1.29 is 59.3 Å². The Morgan fingerprint density at radius 2 is 1.16 bits per heavy atom. The minimum atomic E-state index is -1.28. The minimum Gasteiger partial charge on any atom is -0.491 e. The van der Waals surface area contributed by atoms with Crippen molar-refractivity contribution in [2.24, 2.45) is 0 Å². The SMILES string of the molecule is CCCCCCCCCCCNCC(O)COc1ccc(CC(CN(CC(=O)O)CC(=O)O)N(CCN(CC(=O)O)CC(=O)O)CC(=O)O)cc1. The van der Waals surface area contributed by atoms with E-state index in [9.17, 15) is 54.6 Å². The number of carbonyl (C=O) groups is 5. The first-order valence-corrected chi connectivity index (χ1v) is 17.7. The zero-order chi connectivity index (χ0) is 38.0. The van der Waals surface area contributed by atoms with E-state index >= 15 is 0 Å². The predicted molar refractivity (Wildman–Crippen MR) is 188 cm³/mol. The molecular formula is C35H58N4O12. The monoisotopic (exact) mass is 726 g/mol. The van der Waals surface area contributed by atoms with Crippen LogP contribution in [0.2, 0.25) is 0 Å². The van der Waals surface area contributed by atoms with Gasteiger partial charge in [0.15, 0.2) is 0 Å². The number of ether oxygens (including phenoxy) is 1. The Bertz CT molecular complexity index is 1140. The van der Waals surface area contributed by atoms with Gasteiger partial charge in [0.05, 0.1) is 32.7 Å². The van der Waals surface area contributed by atoms with Crippen LogP contribution in [-0.4, -0.2) is 159 Å². The molecule has 0 bridgehead atoms. The van der Waals surface area contributed by atoms with Crippen molar-refractivity contribution in [3.8, 4) is 5.75 Å². The number of carboxylic acids is 5. The fourth-order valence-corrected chi connectivity index (χ4v) is 5.68. The van der Waals surface area contributed by atoms with Crippen LogP contribution < -0.4 is 10.1 Å². The van der Waals surface area contributed by atoms with Crippen molar-refractivity contribution in [3.05, 3.63) is 29.8 Å². The van der Waals surface area contributed by atoms with E-state index in [1.54, 1.807) is 24.3 Å². The molecule has 51 heavy (non-hydrogen) atoms. The third-order valence-corrected chi connectivity index (χ3v) is 8.14. The quantitative estimate of drug-likeness (QED) is 0.0511. The van der Waals surface area contributed by atoms with E-state index in [0.29, 0.717) is 17.9 Å². The molecule has 1 aromatic rings. The highest BCUT2D eigenvalue weighted by Gasteiger charge is 2.27. The third-order valence-electron chi connectivity index (χ3n) is 8.14. The number of carboxylic acid groups (broad SMARTS) is 5. The summed E-state index contributed by atoms with van der Waals surface area (Å²) in [5, 5.41) is 60.5. The van der Waals surface area contributed by atoms with Crippen molar-refractivity contribution in [1.29, 1.82) is 0 Å². The summed E-state index contributed by atoms with van der Waals surface area (Å²) in [6.07, 6.45) is 10.6. The fraction of sp³-hybridized carbons (Fsp3) is 0.686. The number of rotatable bonds is 33. The molecule has 0 aliphatic heterocycles. The Morgan fingerprint density at radius 1 is 0.667 bits per heavy atom. The van der Waals surface area contributed by atoms with Gasteiger partial charge >= 0.3 is 29.8 Å². The normalized spacial score (nSPS) is 12.6. The topological polar surface area (TPSA) is 238 Å². The molecule has 1 aromatic carbocycles. The van der Waals surface area contributed by atoms with Crippen LogP contribution in [0, 0.1) is 0 Å². The molecule has 0 aliphatic carbocycles. The minimum absolute atomic E-state index is 0.0572. The van der Waals surface area contributed by atoms with Crippen molar-refractivity contribution in [3.63, 3.8) is 0 Å². The van der Waals surface area contributed by atoms with E-state index in [1.165, 1.54) is 49.8 Å². The summed E-state index contributed by atoms with van der Waals surface area (Å²) in [5.74, 6) is -5.87. The third kappa shape index (κ3) is 24.1. The van der Waals surface area contributed by atoms with Crippen LogP contribution in [-0.2, 0) is 30.4 Å². The second-order valence-corrected chi connectivity index (χ2v) is 12.8. The van der Waals surface area contributed by atoms with Gasteiger partial charge < -0.3 is 40.7 Å². The second-order valence-electron chi connectivity index (χ2n) is 12.8. The van der Waals surface area contributed by atoms with E-state index in [1.807, 2.05) is 0 Å². The molecule has 0 fully saturated rings. The molecule has 0 spiro atoms. The van der Waals surface area contributed by atoms with Gasteiger partial charge in [0.1, 0.15) is 18.5 Å². The highest BCUT2D eigenvalue weighted by atomic mass is 16.5. The Kier molecular flexibility index (Phi) is 23.8. The summed E-state index contributed by atoms with van der Waals surface area (Å²) in [6.45, 7) is 0.0497. The van der Waals surface area contributed by atoms with Crippen LogP contribution in [0.4, 0.5) is 0 Å². The maximum absolute atomic E-state index is 11.9. The first kappa shape index (κ1) is 45.2. The smallest absolute Gasteiger partial charge is 0.317 e. The van der Waals surface area contributed by atoms with E-state index in [2.05, 4.69) is 12.2 Å². The lowest BCUT2D eigenvalue weighted by Gasteiger charge is -2.35. The number of unbranched alkanes of at least 4 members (excludes halogenated alkanes) is 8. The maximum Gasteiger partial charge on any atom is 0.317 e. The molecule has 0 aliphatic rings. The number of aliphatic carboxylic acids is 5. The first-order valence-electron chi connectivity index (χ1n) is 17.7. The van der Waals surface area contributed by atoms with Crippen molar-refractivity contribution in [1.82, 2.24) is 20.0 Å². The average molecular weight is 727 g/mol. The highest BCUT2D eigenvalue weighted by Crippen LogP contribution is 2.17. The Morgan fingerprint density at radius 3 is 1.67 bits per heavy atom. The number of benzene rings is 1. The molecular weight excluding hydrogens is 668 g/mol. The van der Waals surface area contributed by atoms with Gasteiger partial charge in [0.2, 0.25) is 0 Å².